The third-order valence-corrected chi connectivity index (χ3v) is 5.00. The van der Waals surface area contributed by atoms with E-state index in [0.717, 1.165) is 25.9 Å². The number of ether oxygens (including phenoxy) is 1. The van der Waals surface area contributed by atoms with Gasteiger partial charge in [0.15, 0.2) is 5.78 Å². The SMILES string of the molecule is O=C(CCC(=O)N1CCC[C@H](COCc2ccccc2)C1)c1ccccc1. The Morgan fingerprint density at radius 1 is 0.963 bits per heavy atom. The first kappa shape index (κ1) is 19.3. The van der Waals surface area contributed by atoms with E-state index in [4.69, 9.17) is 4.74 Å². The van der Waals surface area contributed by atoms with Gasteiger partial charge in [-0.05, 0) is 24.3 Å². The molecule has 27 heavy (non-hydrogen) atoms. The van der Waals surface area contributed by atoms with Crippen molar-refractivity contribution < 1.29 is 14.3 Å². The predicted octanol–water partition coefficient (Wildman–Crippen LogP) is 4.10. The molecule has 1 atom stereocenters. The minimum atomic E-state index is 0.0312. The molecule has 2 aromatic rings. The number of carbonyl (C=O) groups excluding carboxylic acids is 2. The average molecular weight is 365 g/mol. The number of amides is 1. The molecule has 3 rings (SSSR count). The van der Waals surface area contributed by atoms with Crippen LogP contribution in [0.2, 0.25) is 0 Å². The lowest BCUT2D eigenvalue weighted by atomic mass is 9.98. The van der Waals surface area contributed by atoms with Crippen LogP contribution in [0.1, 0.15) is 41.6 Å². The molecule has 0 aliphatic carbocycles. The molecular weight excluding hydrogens is 338 g/mol. The second-order valence-corrected chi connectivity index (χ2v) is 7.14. The van der Waals surface area contributed by atoms with Gasteiger partial charge < -0.3 is 9.64 Å². The summed E-state index contributed by atoms with van der Waals surface area (Å²) in [5, 5.41) is 0. The van der Waals surface area contributed by atoms with Crippen LogP contribution < -0.4 is 0 Å². The van der Waals surface area contributed by atoms with Gasteiger partial charge in [0.25, 0.3) is 0 Å². The Morgan fingerprint density at radius 3 is 2.41 bits per heavy atom. The van der Waals surface area contributed by atoms with Gasteiger partial charge in [-0.1, -0.05) is 60.7 Å². The van der Waals surface area contributed by atoms with Crippen molar-refractivity contribution in [3.63, 3.8) is 0 Å². The maximum atomic E-state index is 12.5. The molecule has 0 unspecified atom stereocenters. The van der Waals surface area contributed by atoms with Crippen molar-refractivity contribution in [1.29, 1.82) is 0 Å². The summed E-state index contributed by atoms with van der Waals surface area (Å²) in [6.07, 6.45) is 2.64. The highest BCUT2D eigenvalue weighted by atomic mass is 16.5. The summed E-state index contributed by atoms with van der Waals surface area (Å²) in [6.45, 7) is 2.79. The van der Waals surface area contributed by atoms with Gasteiger partial charge in [-0.3, -0.25) is 9.59 Å². The van der Waals surface area contributed by atoms with Gasteiger partial charge in [-0.25, -0.2) is 0 Å². The van der Waals surface area contributed by atoms with Gasteiger partial charge in [0, 0.05) is 31.5 Å². The van der Waals surface area contributed by atoms with Crippen molar-refractivity contribution in [3.05, 3.63) is 71.8 Å². The fraction of sp³-hybridized carbons (Fsp3) is 0.391. The molecule has 4 heteroatoms. The summed E-state index contributed by atoms with van der Waals surface area (Å²) < 4.78 is 5.85. The molecule has 2 aromatic carbocycles. The van der Waals surface area contributed by atoms with Crippen LogP contribution >= 0.6 is 0 Å². The van der Waals surface area contributed by atoms with Crippen LogP contribution in [0.3, 0.4) is 0 Å². The Kier molecular flexibility index (Phi) is 7.17. The number of nitrogens with zero attached hydrogens (tertiary/aromatic N) is 1. The largest absolute Gasteiger partial charge is 0.376 e. The molecule has 1 fully saturated rings. The van der Waals surface area contributed by atoms with Crippen LogP contribution in [0.25, 0.3) is 0 Å². The highest BCUT2D eigenvalue weighted by Gasteiger charge is 2.24. The van der Waals surface area contributed by atoms with E-state index in [0.29, 0.717) is 24.7 Å². The molecular formula is C23H27NO3. The number of likely N-dealkylation sites (tertiary alicyclic amines) is 1. The predicted molar refractivity (Wildman–Crippen MR) is 105 cm³/mol. The summed E-state index contributed by atoms with van der Waals surface area (Å²) in [6, 6.07) is 19.3. The third-order valence-electron chi connectivity index (χ3n) is 5.00. The minimum absolute atomic E-state index is 0.0312. The van der Waals surface area contributed by atoms with Crippen molar-refractivity contribution in [3.8, 4) is 0 Å². The van der Waals surface area contributed by atoms with Crippen LogP contribution in [0.5, 0.6) is 0 Å². The zero-order chi connectivity index (χ0) is 18.9. The first-order valence-corrected chi connectivity index (χ1v) is 9.70. The number of rotatable bonds is 8. The topological polar surface area (TPSA) is 46.6 Å². The second-order valence-electron chi connectivity index (χ2n) is 7.14. The summed E-state index contributed by atoms with van der Waals surface area (Å²) >= 11 is 0. The average Bonchev–Trinajstić information content (AvgIpc) is 2.73. The van der Waals surface area contributed by atoms with E-state index in [2.05, 4.69) is 12.1 Å². The number of Topliss-reactive ketones (excluding diaryl/α,β-unsaturated/α-hetero) is 1. The fourth-order valence-corrected chi connectivity index (χ4v) is 3.49. The van der Waals surface area contributed by atoms with E-state index in [1.54, 1.807) is 12.1 Å². The maximum absolute atomic E-state index is 12.5. The maximum Gasteiger partial charge on any atom is 0.223 e. The van der Waals surface area contributed by atoms with Gasteiger partial charge in [0.1, 0.15) is 0 Å². The number of piperidine rings is 1. The van der Waals surface area contributed by atoms with Crippen LogP contribution in [0.15, 0.2) is 60.7 Å². The molecule has 0 spiro atoms. The summed E-state index contributed by atoms with van der Waals surface area (Å²) in [4.78, 5) is 26.6. The second kappa shape index (κ2) is 10.0. The van der Waals surface area contributed by atoms with Gasteiger partial charge in [0.2, 0.25) is 5.91 Å². The van der Waals surface area contributed by atoms with Crippen molar-refractivity contribution in [2.24, 2.45) is 5.92 Å². The van der Waals surface area contributed by atoms with Crippen LogP contribution in [-0.4, -0.2) is 36.3 Å². The number of hydrogen-bond acceptors (Lipinski definition) is 3. The number of carbonyl (C=O) groups is 2. The zero-order valence-electron chi connectivity index (χ0n) is 15.7. The van der Waals surface area contributed by atoms with Crippen molar-refractivity contribution in [1.82, 2.24) is 4.90 Å². The Bertz CT molecular complexity index is 730. The normalized spacial score (nSPS) is 16.9. The lowest BCUT2D eigenvalue weighted by molar-refractivity contribution is -0.133. The highest BCUT2D eigenvalue weighted by Crippen LogP contribution is 2.19. The van der Waals surface area contributed by atoms with Crippen LogP contribution in [0, 0.1) is 5.92 Å². The van der Waals surface area contributed by atoms with Gasteiger partial charge in [-0.2, -0.15) is 0 Å². The number of hydrogen-bond donors (Lipinski definition) is 0. The molecule has 1 aliphatic rings. The number of benzene rings is 2. The highest BCUT2D eigenvalue weighted by molar-refractivity contribution is 5.97. The van der Waals surface area contributed by atoms with E-state index in [1.165, 1.54) is 5.56 Å². The molecule has 1 saturated heterocycles. The first-order valence-electron chi connectivity index (χ1n) is 9.70. The molecule has 142 valence electrons. The molecule has 0 bridgehead atoms. The molecule has 0 saturated carbocycles. The van der Waals surface area contributed by atoms with Gasteiger partial charge in [-0.15, -0.1) is 0 Å². The molecule has 1 aliphatic heterocycles. The molecule has 0 N–H and O–H groups in total. The summed E-state index contributed by atoms with van der Waals surface area (Å²) in [5.41, 5.74) is 1.84. The Balaban J connectivity index is 1.40. The summed E-state index contributed by atoms with van der Waals surface area (Å²) in [5.74, 6) is 0.479. The molecule has 4 nitrogen and oxygen atoms in total. The molecule has 1 heterocycles. The smallest absolute Gasteiger partial charge is 0.223 e. The fourth-order valence-electron chi connectivity index (χ4n) is 3.49. The zero-order valence-corrected chi connectivity index (χ0v) is 15.7. The van der Waals surface area contributed by atoms with E-state index in [-0.39, 0.29) is 24.5 Å². The molecule has 0 aromatic heterocycles. The third kappa shape index (κ3) is 6.04. The monoisotopic (exact) mass is 365 g/mol. The van der Waals surface area contributed by atoms with E-state index in [9.17, 15) is 9.59 Å². The quantitative estimate of drug-likeness (QED) is 0.662. The Labute approximate surface area is 161 Å². The van der Waals surface area contributed by atoms with Gasteiger partial charge in [0.05, 0.1) is 13.2 Å². The Hall–Kier alpha value is -2.46. The number of ketones is 1. The first-order chi connectivity index (χ1) is 13.2. The lowest BCUT2D eigenvalue weighted by Crippen LogP contribution is -2.41. The Morgan fingerprint density at radius 2 is 1.67 bits per heavy atom. The van der Waals surface area contributed by atoms with Crippen molar-refractivity contribution in [2.45, 2.75) is 32.3 Å². The van der Waals surface area contributed by atoms with Crippen LogP contribution in [0.4, 0.5) is 0 Å². The molecule has 0 radical (unpaired) electrons. The standard InChI is InChI=1S/C23H27NO3/c25-22(21-11-5-2-6-12-21)13-14-23(26)24-15-7-10-20(16-24)18-27-17-19-8-3-1-4-9-19/h1-6,8-9,11-12,20H,7,10,13-18H2/t20-/m0/s1. The molecule has 1 amide bonds. The minimum Gasteiger partial charge on any atom is -0.376 e. The van der Waals surface area contributed by atoms with E-state index >= 15 is 0 Å². The van der Waals surface area contributed by atoms with E-state index < -0.39 is 0 Å². The summed E-state index contributed by atoms with van der Waals surface area (Å²) in [7, 11) is 0. The van der Waals surface area contributed by atoms with Gasteiger partial charge >= 0.3 is 0 Å². The van der Waals surface area contributed by atoms with Crippen molar-refractivity contribution in [2.75, 3.05) is 19.7 Å². The van der Waals surface area contributed by atoms with Crippen LogP contribution in [-0.2, 0) is 16.1 Å². The lowest BCUT2D eigenvalue weighted by Gasteiger charge is -2.32. The van der Waals surface area contributed by atoms with E-state index in [1.807, 2.05) is 41.3 Å². The van der Waals surface area contributed by atoms with Crippen molar-refractivity contribution >= 4 is 11.7 Å².